The predicted molar refractivity (Wildman–Crippen MR) is 70.9 cm³/mol. The lowest BCUT2D eigenvalue weighted by Crippen LogP contribution is -1.96. The number of nitrogens with two attached hydrogens (primary N) is 1. The van der Waals surface area contributed by atoms with Gasteiger partial charge in [-0.3, -0.25) is 0 Å². The van der Waals surface area contributed by atoms with E-state index < -0.39 is 0 Å². The molecule has 0 saturated carbocycles. The maximum absolute atomic E-state index is 5.63. The van der Waals surface area contributed by atoms with Gasteiger partial charge in [0.25, 0.3) is 0 Å². The largest absolute Gasteiger partial charge is 0.375 e. The zero-order valence-corrected chi connectivity index (χ0v) is 10.8. The van der Waals surface area contributed by atoms with Crippen LogP contribution in [0.2, 0.25) is 0 Å². The first kappa shape index (κ1) is 12.2. The Morgan fingerprint density at radius 3 is 3.00 bits per heavy atom. The van der Waals surface area contributed by atoms with Crippen molar-refractivity contribution in [2.24, 2.45) is 5.73 Å². The lowest BCUT2D eigenvalue weighted by molar-refractivity contribution is 0.119. The highest BCUT2D eigenvalue weighted by molar-refractivity contribution is 7.10. The van der Waals surface area contributed by atoms with Crippen LogP contribution in [0.1, 0.15) is 23.6 Å². The molecule has 0 aliphatic heterocycles. The highest BCUT2D eigenvalue weighted by atomic mass is 32.1. The second kappa shape index (κ2) is 5.40. The number of hydrogen-bond donors (Lipinski definition) is 1. The number of methoxy groups -OCH3 is 1. The molecule has 0 aliphatic rings. The summed E-state index contributed by atoms with van der Waals surface area (Å²) in [5.74, 6) is 0. The molecule has 1 aromatic carbocycles. The van der Waals surface area contributed by atoms with Gasteiger partial charge < -0.3 is 10.5 Å². The third-order valence-corrected chi connectivity index (χ3v) is 3.69. The molecule has 0 saturated heterocycles. The van der Waals surface area contributed by atoms with E-state index in [1.165, 1.54) is 0 Å². The van der Waals surface area contributed by atoms with Gasteiger partial charge in [-0.05, 0) is 18.6 Å². The summed E-state index contributed by atoms with van der Waals surface area (Å²) in [5.41, 5.74) is 8.86. The predicted octanol–water partition coefficient (Wildman–Crippen LogP) is 2.98. The molecule has 0 fully saturated rings. The molecule has 0 aliphatic carbocycles. The Kier molecular flexibility index (Phi) is 3.89. The minimum absolute atomic E-state index is 0.0476. The van der Waals surface area contributed by atoms with Gasteiger partial charge in [0.2, 0.25) is 0 Å². The molecule has 2 N–H and O–H groups in total. The molecule has 2 aromatic rings. The molecule has 2 rings (SSSR count). The monoisotopic (exact) mass is 248 g/mol. The minimum atomic E-state index is 0.0476. The number of nitrogens with zero attached hydrogens (tertiary/aromatic N) is 1. The van der Waals surface area contributed by atoms with E-state index in [2.05, 4.69) is 22.5 Å². The van der Waals surface area contributed by atoms with Crippen LogP contribution < -0.4 is 5.73 Å². The number of aromatic nitrogens is 1. The first-order valence-corrected chi connectivity index (χ1v) is 6.40. The summed E-state index contributed by atoms with van der Waals surface area (Å²) < 4.78 is 5.26. The van der Waals surface area contributed by atoms with Crippen LogP contribution in [0, 0.1) is 0 Å². The minimum Gasteiger partial charge on any atom is -0.375 e. The molecular weight excluding hydrogens is 232 g/mol. The molecule has 3 nitrogen and oxygen atoms in total. The van der Waals surface area contributed by atoms with Crippen molar-refractivity contribution < 1.29 is 4.74 Å². The van der Waals surface area contributed by atoms with Gasteiger partial charge >= 0.3 is 0 Å². The fourth-order valence-electron chi connectivity index (χ4n) is 1.57. The standard InChI is InChI=1S/C13H16N2OS/c1-9(16-2)13-15-12(8-17-13)11-5-3-4-10(6-11)7-14/h3-6,8-9H,7,14H2,1-2H3. The van der Waals surface area contributed by atoms with Crippen molar-refractivity contribution in [2.45, 2.75) is 19.6 Å². The van der Waals surface area contributed by atoms with E-state index in [1.807, 2.05) is 19.1 Å². The Hall–Kier alpha value is -1.23. The lowest BCUT2D eigenvalue weighted by atomic mass is 10.1. The first-order chi connectivity index (χ1) is 8.24. The van der Waals surface area contributed by atoms with Crippen LogP contribution in [0.3, 0.4) is 0 Å². The van der Waals surface area contributed by atoms with E-state index in [0.717, 1.165) is 21.8 Å². The summed E-state index contributed by atoms with van der Waals surface area (Å²) in [5, 5.41) is 3.06. The third kappa shape index (κ3) is 2.72. The van der Waals surface area contributed by atoms with Crippen LogP contribution in [0.25, 0.3) is 11.3 Å². The average molecular weight is 248 g/mol. The zero-order valence-electron chi connectivity index (χ0n) is 10.0. The maximum atomic E-state index is 5.63. The third-order valence-electron chi connectivity index (χ3n) is 2.68. The Labute approximate surface area is 105 Å². The van der Waals surface area contributed by atoms with Gasteiger partial charge in [0.05, 0.1) is 5.69 Å². The average Bonchev–Trinajstić information content (AvgIpc) is 2.87. The molecule has 17 heavy (non-hydrogen) atoms. The van der Waals surface area contributed by atoms with E-state index in [0.29, 0.717) is 6.54 Å². The van der Waals surface area contributed by atoms with Crippen molar-refractivity contribution in [3.63, 3.8) is 0 Å². The molecule has 0 radical (unpaired) electrons. The van der Waals surface area contributed by atoms with Gasteiger partial charge in [0.15, 0.2) is 0 Å². The summed E-state index contributed by atoms with van der Waals surface area (Å²) in [6, 6.07) is 8.16. The normalized spacial score (nSPS) is 12.6. The van der Waals surface area contributed by atoms with E-state index in [4.69, 9.17) is 10.5 Å². The van der Waals surface area contributed by atoms with Gasteiger partial charge in [-0.1, -0.05) is 18.2 Å². The number of thiazole rings is 1. The van der Waals surface area contributed by atoms with Gasteiger partial charge in [-0.15, -0.1) is 11.3 Å². The summed E-state index contributed by atoms with van der Waals surface area (Å²) in [4.78, 5) is 4.58. The van der Waals surface area contributed by atoms with Crippen LogP contribution in [0.15, 0.2) is 29.6 Å². The molecule has 0 amide bonds. The molecule has 1 atom stereocenters. The number of hydrogen-bond acceptors (Lipinski definition) is 4. The van der Waals surface area contributed by atoms with Gasteiger partial charge in [0.1, 0.15) is 11.1 Å². The Morgan fingerprint density at radius 2 is 2.29 bits per heavy atom. The maximum Gasteiger partial charge on any atom is 0.122 e. The summed E-state index contributed by atoms with van der Waals surface area (Å²) in [6.07, 6.45) is 0.0476. The SMILES string of the molecule is COC(C)c1nc(-c2cccc(CN)c2)cs1. The van der Waals surface area contributed by atoms with E-state index >= 15 is 0 Å². The molecule has 4 heteroatoms. The highest BCUT2D eigenvalue weighted by Crippen LogP contribution is 2.27. The number of ether oxygens (including phenoxy) is 1. The molecule has 1 heterocycles. The van der Waals surface area contributed by atoms with Crippen LogP contribution in [-0.2, 0) is 11.3 Å². The van der Waals surface area contributed by atoms with E-state index in [1.54, 1.807) is 18.4 Å². The summed E-state index contributed by atoms with van der Waals surface area (Å²) >= 11 is 1.62. The molecule has 1 unspecified atom stereocenters. The van der Waals surface area contributed by atoms with Crippen LogP contribution in [0.5, 0.6) is 0 Å². The van der Waals surface area contributed by atoms with Crippen molar-refractivity contribution in [1.82, 2.24) is 4.98 Å². The van der Waals surface area contributed by atoms with Crippen LogP contribution >= 0.6 is 11.3 Å². The first-order valence-electron chi connectivity index (χ1n) is 5.52. The number of rotatable bonds is 4. The van der Waals surface area contributed by atoms with Crippen molar-refractivity contribution in [3.8, 4) is 11.3 Å². The second-order valence-electron chi connectivity index (χ2n) is 3.85. The molecule has 0 spiro atoms. The second-order valence-corrected chi connectivity index (χ2v) is 4.74. The van der Waals surface area contributed by atoms with Gasteiger partial charge in [-0.2, -0.15) is 0 Å². The fraction of sp³-hybridized carbons (Fsp3) is 0.308. The summed E-state index contributed by atoms with van der Waals surface area (Å²) in [6.45, 7) is 2.55. The Bertz CT molecular complexity index is 496. The van der Waals surface area contributed by atoms with Crippen molar-refractivity contribution in [1.29, 1.82) is 0 Å². The highest BCUT2D eigenvalue weighted by Gasteiger charge is 2.10. The Balaban J connectivity index is 2.30. The molecule has 90 valence electrons. The molecule has 1 aromatic heterocycles. The van der Waals surface area contributed by atoms with Crippen molar-refractivity contribution in [2.75, 3.05) is 7.11 Å². The fourth-order valence-corrected chi connectivity index (χ4v) is 2.43. The van der Waals surface area contributed by atoms with Crippen molar-refractivity contribution >= 4 is 11.3 Å². The number of benzene rings is 1. The van der Waals surface area contributed by atoms with Crippen LogP contribution in [0.4, 0.5) is 0 Å². The summed E-state index contributed by atoms with van der Waals surface area (Å²) in [7, 11) is 1.70. The molecule has 0 bridgehead atoms. The smallest absolute Gasteiger partial charge is 0.122 e. The van der Waals surface area contributed by atoms with Crippen LogP contribution in [-0.4, -0.2) is 12.1 Å². The van der Waals surface area contributed by atoms with Gasteiger partial charge in [0, 0.05) is 24.6 Å². The van der Waals surface area contributed by atoms with E-state index in [9.17, 15) is 0 Å². The topological polar surface area (TPSA) is 48.1 Å². The molecular formula is C13H16N2OS. The Morgan fingerprint density at radius 1 is 1.47 bits per heavy atom. The van der Waals surface area contributed by atoms with E-state index in [-0.39, 0.29) is 6.10 Å². The lowest BCUT2D eigenvalue weighted by Gasteiger charge is -2.04. The quantitative estimate of drug-likeness (QED) is 0.905. The van der Waals surface area contributed by atoms with Gasteiger partial charge in [-0.25, -0.2) is 4.98 Å². The van der Waals surface area contributed by atoms with Crippen molar-refractivity contribution in [3.05, 3.63) is 40.2 Å². The zero-order chi connectivity index (χ0) is 12.3.